The molecule has 0 bridgehead atoms. The molecule has 0 aliphatic rings. The number of hydrogen-bond donors (Lipinski definition) is 0. The summed E-state index contributed by atoms with van der Waals surface area (Å²) >= 11 is 0. The van der Waals surface area contributed by atoms with Crippen LogP contribution in [0, 0.1) is 0 Å². The Bertz CT molecular complexity index is 427. The lowest BCUT2D eigenvalue weighted by atomic mass is 9.69. The van der Waals surface area contributed by atoms with E-state index in [-0.39, 0.29) is 16.2 Å². The standard InChI is InChI=1S/C18H30/c1-16(2,3)13-11-10-12-14(17(4,5)6)15(13)18(7,8)9/h10-12H,1-9H3/i10D. The lowest BCUT2D eigenvalue weighted by Crippen LogP contribution is -2.27. The quantitative estimate of drug-likeness (QED) is 0.561. The minimum atomic E-state index is 0.0691. The fourth-order valence-electron chi connectivity index (χ4n) is 2.49. The molecule has 1 rings (SSSR count). The maximum atomic E-state index is 8.14. The highest BCUT2D eigenvalue weighted by molar-refractivity contribution is 5.46. The van der Waals surface area contributed by atoms with Gasteiger partial charge in [-0.2, -0.15) is 0 Å². The van der Waals surface area contributed by atoms with Crippen molar-refractivity contribution in [1.82, 2.24) is 0 Å². The molecule has 0 nitrogen and oxygen atoms in total. The van der Waals surface area contributed by atoms with Gasteiger partial charge in [-0.05, 0) is 32.9 Å². The lowest BCUT2D eigenvalue weighted by molar-refractivity contribution is 0.498. The van der Waals surface area contributed by atoms with Crippen molar-refractivity contribution in [3.63, 3.8) is 0 Å². The van der Waals surface area contributed by atoms with Crippen LogP contribution in [0.25, 0.3) is 0 Å². The summed E-state index contributed by atoms with van der Waals surface area (Å²) in [6.45, 7) is 20.3. The maximum absolute atomic E-state index is 8.14. The highest BCUT2D eigenvalue weighted by Crippen LogP contribution is 2.40. The third-order valence-electron chi connectivity index (χ3n) is 3.36. The lowest BCUT2D eigenvalue weighted by Gasteiger charge is -2.36. The van der Waals surface area contributed by atoms with E-state index in [0.29, 0.717) is 6.04 Å². The van der Waals surface area contributed by atoms with Gasteiger partial charge < -0.3 is 0 Å². The van der Waals surface area contributed by atoms with E-state index in [0.717, 1.165) is 0 Å². The van der Waals surface area contributed by atoms with Crippen molar-refractivity contribution in [3.8, 4) is 0 Å². The molecule has 0 radical (unpaired) electrons. The third-order valence-corrected chi connectivity index (χ3v) is 3.36. The fraction of sp³-hybridized carbons (Fsp3) is 0.667. The topological polar surface area (TPSA) is 0 Å². The molecule has 18 heavy (non-hydrogen) atoms. The van der Waals surface area contributed by atoms with Crippen LogP contribution < -0.4 is 0 Å². The van der Waals surface area contributed by atoms with Gasteiger partial charge in [-0.15, -0.1) is 0 Å². The molecule has 0 unspecified atom stereocenters. The average Bonchev–Trinajstić information content (AvgIpc) is 2.11. The van der Waals surface area contributed by atoms with E-state index in [1.807, 2.05) is 0 Å². The molecule has 0 heteroatoms. The second-order valence-corrected chi connectivity index (χ2v) is 8.41. The number of hydrogen-bond acceptors (Lipinski definition) is 0. The zero-order chi connectivity index (χ0) is 15.2. The summed E-state index contributed by atoms with van der Waals surface area (Å²) in [4.78, 5) is 0. The summed E-state index contributed by atoms with van der Waals surface area (Å²) in [5.74, 6) is 0. The van der Waals surface area contributed by atoms with Gasteiger partial charge in [0, 0.05) is 0 Å². The zero-order valence-corrected chi connectivity index (χ0v) is 13.7. The molecule has 0 amide bonds. The Morgan fingerprint density at radius 1 is 0.667 bits per heavy atom. The van der Waals surface area contributed by atoms with Crippen molar-refractivity contribution >= 4 is 0 Å². The number of benzene rings is 1. The van der Waals surface area contributed by atoms with Crippen LogP contribution in [0.2, 0.25) is 0 Å². The summed E-state index contributed by atoms with van der Waals surface area (Å²) in [6, 6.07) is 4.73. The minimum Gasteiger partial charge on any atom is -0.0617 e. The van der Waals surface area contributed by atoms with Crippen LogP contribution >= 0.6 is 0 Å². The molecule has 1 aromatic carbocycles. The van der Waals surface area contributed by atoms with E-state index in [1.165, 1.54) is 16.7 Å². The Labute approximate surface area is 115 Å². The van der Waals surface area contributed by atoms with Gasteiger partial charge in [-0.3, -0.25) is 0 Å². The molecule has 0 spiro atoms. The first-order valence-electron chi connectivity index (χ1n) is 7.40. The minimum absolute atomic E-state index is 0.0691. The Kier molecular flexibility index (Phi) is 3.34. The SMILES string of the molecule is [2H]c1cc(C(C)(C)C)c(C(C)(C)C)c(C(C)(C)C)c1. The van der Waals surface area contributed by atoms with Gasteiger partial charge in [0.1, 0.15) is 0 Å². The predicted molar refractivity (Wildman–Crippen MR) is 82.5 cm³/mol. The summed E-state index contributed by atoms with van der Waals surface area (Å²) in [6.07, 6.45) is 0. The van der Waals surface area contributed by atoms with Crippen molar-refractivity contribution in [2.75, 3.05) is 0 Å². The van der Waals surface area contributed by atoms with E-state index in [1.54, 1.807) is 0 Å². The molecule has 0 fully saturated rings. The molecule has 0 heterocycles. The molecule has 0 aromatic heterocycles. The number of rotatable bonds is 0. The van der Waals surface area contributed by atoms with Gasteiger partial charge in [-0.1, -0.05) is 80.5 Å². The van der Waals surface area contributed by atoms with Crippen molar-refractivity contribution in [3.05, 3.63) is 34.9 Å². The van der Waals surface area contributed by atoms with Crippen molar-refractivity contribution in [1.29, 1.82) is 0 Å². The van der Waals surface area contributed by atoms with Crippen molar-refractivity contribution < 1.29 is 1.37 Å². The van der Waals surface area contributed by atoms with Crippen LogP contribution in [0.1, 0.15) is 80.4 Å². The fourth-order valence-corrected chi connectivity index (χ4v) is 2.49. The monoisotopic (exact) mass is 247 g/mol. The Balaban J connectivity index is 3.80. The van der Waals surface area contributed by atoms with Gasteiger partial charge in [-0.25, -0.2) is 0 Å². The van der Waals surface area contributed by atoms with Crippen LogP contribution in [-0.4, -0.2) is 0 Å². The molecule has 0 aliphatic heterocycles. The zero-order valence-electron chi connectivity index (χ0n) is 14.7. The molecular formula is C18H30. The summed E-state index contributed by atoms with van der Waals surface area (Å²) in [5.41, 5.74) is 4.29. The van der Waals surface area contributed by atoms with Gasteiger partial charge in [0.25, 0.3) is 0 Å². The molecule has 1 aromatic rings. The van der Waals surface area contributed by atoms with E-state index in [4.69, 9.17) is 1.37 Å². The molecule has 0 saturated heterocycles. The third kappa shape index (κ3) is 3.16. The molecule has 0 atom stereocenters. The Morgan fingerprint density at radius 3 is 1.22 bits per heavy atom. The summed E-state index contributed by atoms with van der Waals surface area (Å²) < 4.78 is 8.14. The highest BCUT2D eigenvalue weighted by atomic mass is 14.3. The Morgan fingerprint density at radius 2 is 1.00 bits per heavy atom. The van der Waals surface area contributed by atoms with Crippen LogP contribution in [0.5, 0.6) is 0 Å². The van der Waals surface area contributed by atoms with E-state index < -0.39 is 0 Å². The molecule has 0 saturated carbocycles. The average molecular weight is 247 g/mol. The van der Waals surface area contributed by atoms with Gasteiger partial charge in [0.15, 0.2) is 0 Å². The summed E-state index contributed by atoms with van der Waals surface area (Å²) in [7, 11) is 0. The van der Waals surface area contributed by atoms with Crippen molar-refractivity contribution in [2.45, 2.75) is 78.6 Å². The molecule has 0 aliphatic carbocycles. The van der Waals surface area contributed by atoms with Crippen molar-refractivity contribution in [2.24, 2.45) is 0 Å². The highest BCUT2D eigenvalue weighted by Gasteiger charge is 2.30. The first kappa shape index (κ1) is 13.6. The Hall–Kier alpha value is -0.780. The van der Waals surface area contributed by atoms with Crippen LogP contribution in [0.15, 0.2) is 18.2 Å². The maximum Gasteiger partial charge on any atom is 0.0623 e. The van der Waals surface area contributed by atoms with E-state index in [9.17, 15) is 0 Å². The summed E-state index contributed by atoms with van der Waals surface area (Å²) in [5, 5.41) is 0. The molecule has 0 N–H and O–H groups in total. The first-order valence-corrected chi connectivity index (χ1v) is 6.90. The van der Waals surface area contributed by atoms with Crippen LogP contribution in [0.3, 0.4) is 0 Å². The normalized spacial score (nSPS) is 14.6. The smallest absolute Gasteiger partial charge is 0.0617 e. The van der Waals surface area contributed by atoms with Gasteiger partial charge in [0.05, 0.1) is 1.37 Å². The van der Waals surface area contributed by atoms with E-state index in [2.05, 4.69) is 74.4 Å². The first-order chi connectivity index (χ1) is 8.24. The largest absolute Gasteiger partial charge is 0.0623 e. The molecular weight excluding hydrogens is 216 g/mol. The van der Waals surface area contributed by atoms with Crippen LogP contribution in [-0.2, 0) is 16.2 Å². The molecule has 102 valence electrons. The van der Waals surface area contributed by atoms with Gasteiger partial charge >= 0.3 is 0 Å². The predicted octanol–water partition coefficient (Wildman–Crippen LogP) is 5.58. The van der Waals surface area contributed by atoms with E-state index >= 15 is 0 Å². The van der Waals surface area contributed by atoms with Crippen LogP contribution in [0.4, 0.5) is 0 Å². The second-order valence-electron chi connectivity index (χ2n) is 8.41. The van der Waals surface area contributed by atoms with Gasteiger partial charge in [0.2, 0.25) is 0 Å². The second kappa shape index (κ2) is 4.40.